The van der Waals surface area contributed by atoms with Crippen molar-refractivity contribution in [3.05, 3.63) is 0 Å². The van der Waals surface area contributed by atoms with Crippen LogP contribution >= 0.6 is 0 Å². The fraction of sp³-hybridized carbons (Fsp3) is 1.00. The molecule has 0 N–H and O–H groups in total. The standard InChI is InChI=1S/C14H26O2/c1-3-5-6-13(4-2)7-9-14(10-8-13)15-11-12-16-14/h3-12H2,1-2H3. The molecule has 0 unspecified atom stereocenters. The zero-order valence-electron chi connectivity index (χ0n) is 10.9. The number of ether oxygens (including phenoxy) is 2. The van der Waals surface area contributed by atoms with Gasteiger partial charge in [0.1, 0.15) is 0 Å². The molecule has 16 heavy (non-hydrogen) atoms. The SMILES string of the molecule is CCCCC1(CC)CCC2(CC1)OCCO2. The van der Waals surface area contributed by atoms with Gasteiger partial charge in [0.15, 0.2) is 5.79 Å². The van der Waals surface area contributed by atoms with Crippen LogP contribution in [0.5, 0.6) is 0 Å². The Balaban J connectivity index is 1.90. The van der Waals surface area contributed by atoms with Gasteiger partial charge in [0.05, 0.1) is 13.2 Å². The van der Waals surface area contributed by atoms with E-state index in [0.29, 0.717) is 5.41 Å². The zero-order valence-corrected chi connectivity index (χ0v) is 10.9. The molecule has 0 bridgehead atoms. The third-order valence-corrected chi connectivity index (χ3v) is 4.70. The normalized spacial score (nSPS) is 27.4. The van der Waals surface area contributed by atoms with Crippen molar-refractivity contribution in [3.63, 3.8) is 0 Å². The largest absolute Gasteiger partial charge is 0.348 e. The van der Waals surface area contributed by atoms with E-state index in [4.69, 9.17) is 9.47 Å². The monoisotopic (exact) mass is 226 g/mol. The van der Waals surface area contributed by atoms with E-state index in [1.165, 1.54) is 38.5 Å². The molecule has 1 heterocycles. The molecule has 0 aromatic rings. The van der Waals surface area contributed by atoms with Gasteiger partial charge >= 0.3 is 0 Å². The first-order valence-electron chi connectivity index (χ1n) is 7.02. The van der Waals surface area contributed by atoms with Gasteiger partial charge in [-0.25, -0.2) is 0 Å². The van der Waals surface area contributed by atoms with Crippen LogP contribution in [0.15, 0.2) is 0 Å². The van der Waals surface area contributed by atoms with Crippen LogP contribution < -0.4 is 0 Å². The summed E-state index contributed by atoms with van der Waals surface area (Å²) in [7, 11) is 0. The summed E-state index contributed by atoms with van der Waals surface area (Å²) in [5.41, 5.74) is 0.594. The van der Waals surface area contributed by atoms with E-state index in [2.05, 4.69) is 13.8 Å². The Morgan fingerprint density at radius 2 is 1.56 bits per heavy atom. The summed E-state index contributed by atoms with van der Waals surface area (Å²) >= 11 is 0. The van der Waals surface area contributed by atoms with Crippen molar-refractivity contribution >= 4 is 0 Å². The molecule has 0 radical (unpaired) electrons. The van der Waals surface area contributed by atoms with Gasteiger partial charge < -0.3 is 9.47 Å². The van der Waals surface area contributed by atoms with E-state index in [1.54, 1.807) is 0 Å². The lowest BCUT2D eigenvalue weighted by Crippen LogP contribution is -2.39. The van der Waals surface area contributed by atoms with Crippen LogP contribution in [0.3, 0.4) is 0 Å². The number of hydrogen-bond donors (Lipinski definition) is 0. The average Bonchev–Trinajstić information content (AvgIpc) is 2.78. The highest BCUT2D eigenvalue weighted by molar-refractivity contribution is 4.90. The maximum atomic E-state index is 5.80. The summed E-state index contributed by atoms with van der Waals surface area (Å²) < 4.78 is 11.6. The highest BCUT2D eigenvalue weighted by Gasteiger charge is 2.44. The Kier molecular flexibility index (Phi) is 3.91. The number of hydrogen-bond acceptors (Lipinski definition) is 2. The van der Waals surface area contributed by atoms with Gasteiger partial charge in [-0.3, -0.25) is 0 Å². The zero-order chi connectivity index (χ0) is 11.5. The molecular weight excluding hydrogens is 200 g/mol. The highest BCUT2D eigenvalue weighted by Crippen LogP contribution is 2.48. The van der Waals surface area contributed by atoms with Gasteiger partial charge in [-0.1, -0.05) is 33.1 Å². The second kappa shape index (κ2) is 5.05. The second-order valence-corrected chi connectivity index (χ2v) is 5.56. The minimum absolute atomic E-state index is 0.176. The van der Waals surface area contributed by atoms with Crippen LogP contribution in [0.1, 0.15) is 65.2 Å². The van der Waals surface area contributed by atoms with Crippen LogP contribution in [0, 0.1) is 5.41 Å². The molecule has 0 aromatic heterocycles. The molecule has 2 heteroatoms. The quantitative estimate of drug-likeness (QED) is 0.724. The topological polar surface area (TPSA) is 18.5 Å². The molecule has 1 saturated heterocycles. The van der Waals surface area contributed by atoms with Gasteiger partial charge in [0, 0.05) is 12.8 Å². The molecular formula is C14H26O2. The van der Waals surface area contributed by atoms with Crippen molar-refractivity contribution in [1.29, 1.82) is 0 Å². The molecule has 2 nitrogen and oxygen atoms in total. The van der Waals surface area contributed by atoms with E-state index in [9.17, 15) is 0 Å². The minimum Gasteiger partial charge on any atom is -0.348 e. The van der Waals surface area contributed by atoms with Crippen molar-refractivity contribution < 1.29 is 9.47 Å². The van der Waals surface area contributed by atoms with Gasteiger partial charge in [0.25, 0.3) is 0 Å². The Morgan fingerprint density at radius 3 is 2.06 bits per heavy atom. The maximum Gasteiger partial charge on any atom is 0.168 e. The predicted molar refractivity (Wildman–Crippen MR) is 65.4 cm³/mol. The van der Waals surface area contributed by atoms with Crippen LogP contribution in [-0.2, 0) is 9.47 Å². The van der Waals surface area contributed by atoms with E-state index >= 15 is 0 Å². The average molecular weight is 226 g/mol. The number of rotatable bonds is 4. The Labute approximate surface area is 99.7 Å². The molecule has 2 aliphatic rings. The fourth-order valence-corrected chi connectivity index (χ4v) is 3.28. The van der Waals surface area contributed by atoms with Crippen LogP contribution in [0.4, 0.5) is 0 Å². The van der Waals surface area contributed by atoms with E-state index in [1.807, 2.05) is 0 Å². The van der Waals surface area contributed by atoms with Gasteiger partial charge in [-0.15, -0.1) is 0 Å². The molecule has 2 rings (SSSR count). The lowest BCUT2D eigenvalue weighted by molar-refractivity contribution is -0.192. The Morgan fingerprint density at radius 1 is 0.938 bits per heavy atom. The Hall–Kier alpha value is -0.0800. The molecule has 0 amide bonds. The van der Waals surface area contributed by atoms with Crippen molar-refractivity contribution in [2.24, 2.45) is 5.41 Å². The van der Waals surface area contributed by atoms with Crippen molar-refractivity contribution in [3.8, 4) is 0 Å². The Bertz CT molecular complexity index is 209. The molecule has 1 aliphatic heterocycles. The van der Waals surface area contributed by atoms with E-state index in [0.717, 1.165) is 26.1 Å². The van der Waals surface area contributed by atoms with Gasteiger partial charge in [0.2, 0.25) is 0 Å². The summed E-state index contributed by atoms with van der Waals surface area (Å²) in [5.74, 6) is -0.176. The predicted octanol–water partition coefficient (Wildman–Crippen LogP) is 3.89. The van der Waals surface area contributed by atoms with Crippen LogP contribution in [-0.4, -0.2) is 19.0 Å². The molecule has 94 valence electrons. The van der Waals surface area contributed by atoms with Crippen LogP contribution in [0.25, 0.3) is 0 Å². The highest BCUT2D eigenvalue weighted by atomic mass is 16.7. The summed E-state index contributed by atoms with van der Waals surface area (Å²) in [6, 6.07) is 0. The first-order chi connectivity index (χ1) is 7.74. The lowest BCUT2D eigenvalue weighted by atomic mass is 9.67. The summed E-state index contributed by atoms with van der Waals surface area (Å²) in [6.07, 6.45) is 10.2. The molecule has 2 fully saturated rings. The summed E-state index contributed by atoms with van der Waals surface area (Å²) in [4.78, 5) is 0. The third kappa shape index (κ3) is 2.43. The van der Waals surface area contributed by atoms with E-state index < -0.39 is 0 Å². The lowest BCUT2D eigenvalue weighted by Gasteiger charge is -2.43. The summed E-state index contributed by atoms with van der Waals surface area (Å²) in [5, 5.41) is 0. The smallest absolute Gasteiger partial charge is 0.168 e. The second-order valence-electron chi connectivity index (χ2n) is 5.56. The van der Waals surface area contributed by atoms with Crippen molar-refractivity contribution in [1.82, 2.24) is 0 Å². The molecule has 1 spiro atoms. The molecule has 1 aliphatic carbocycles. The molecule has 1 saturated carbocycles. The maximum absolute atomic E-state index is 5.80. The van der Waals surface area contributed by atoms with Gasteiger partial charge in [-0.2, -0.15) is 0 Å². The molecule has 0 aromatic carbocycles. The molecule has 0 atom stereocenters. The summed E-state index contributed by atoms with van der Waals surface area (Å²) in [6.45, 7) is 6.24. The first-order valence-corrected chi connectivity index (χ1v) is 7.02. The number of unbranched alkanes of at least 4 members (excludes halogenated alkanes) is 1. The fourth-order valence-electron chi connectivity index (χ4n) is 3.28. The van der Waals surface area contributed by atoms with Crippen molar-refractivity contribution in [2.45, 2.75) is 71.0 Å². The van der Waals surface area contributed by atoms with Crippen LogP contribution in [0.2, 0.25) is 0 Å². The van der Waals surface area contributed by atoms with Crippen molar-refractivity contribution in [2.75, 3.05) is 13.2 Å². The minimum atomic E-state index is -0.176. The third-order valence-electron chi connectivity index (χ3n) is 4.70. The van der Waals surface area contributed by atoms with E-state index in [-0.39, 0.29) is 5.79 Å². The first kappa shape index (κ1) is 12.4. The van der Waals surface area contributed by atoms with Gasteiger partial charge in [-0.05, 0) is 24.7 Å².